The van der Waals surface area contributed by atoms with Gasteiger partial charge in [-0.15, -0.1) is 0 Å². The number of nitrogens with one attached hydrogen (secondary N) is 1. The van der Waals surface area contributed by atoms with Crippen LogP contribution in [0.5, 0.6) is 0 Å². The smallest absolute Gasteiger partial charge is 0.150 e. The normalized spacial score (nSPS) is 15.9. The molecule has 1 aliphatic rings. The van der Waals surface area contributed by atoms with Gasteiger partial charge in [-0.2, -0.15) is 5.10 Å². The molecule has 2 aromatic heterocycles. The molecule has 1 aromatic carbocycles. The third-order valence-corrected chi connectivity index (χ3v) is 5.03. The second-order valence-electron chi connectivity index (χ2n) is 6.91. The lowest BCUT2D eigenvalue weighted by Gasteiger charge is -2.30. The molecule has 0 aliphatic carbocycles. The molecule has 0 radical (unpaired) electrons. The quantitative estimate of drug-likeness (QED) is 0.750. The van der Waals surface area contributed by atoms with Crippen LogP contribution in [0.1, 0.15) is 43.2 Å². The molecular formula is C20H23FN6. The van der Waals surface area contributed by atoms with Gasteiger partial charge in [0.2, 0.25) is 0 Å². The number of H-pyrrole nitrogens is 1. The molecule has 0 bridgehead atoms. The Hall–Kier alpha value is -2.67. The summed E-state index contributed by atoms with van der Waals surface area (Å²) < 4.78 is 13.1. The molecule has 3 heterocycles. The van der Waals surface area contributed by atoms with E-state index in [0.717, 1.165) is 67.6 Å². The van der Waals surface area contributed by atoms with Crippen LogP contribution in [0.2, 0.25) is 0 Å². The van der Waals surface area contributed by atoms with E-state index in [1.165, 1.54) is 12.1 Å². The van der Waals surface area contributed by atoms with E-state index in [4.69, 9.17) is 4.98 Å². The van der Waals surface area contributed by atoms with Gasteiger partial charge in [0.15, 0.2) is 0 Å². The first-order chi connectivity index (χ1) is 13.2. The van der Waals surface area contributed by atoms with Crippen molar-refractivity contribution < 1.29 is 4.39 Å². The third-order valence-electron chi connectivity index (χ3n) is 5.03. The molecule has 0 amide bonds. The summed E-state index contributed by atoms with van der Waals surface area (Å²) in [4.78, 5) is 16.1. The van der Waals surface area contributed by atoms with Crippen LogP contribution in [-0.2, 0) is 13.0 Å². The summed E-state index contributed by atoms with van der Waals surface area (Å²) in [5.74, 6) is 2.79. The zero-order chi connectivity index (χ0) is 18.6. The highest BCUT2D eigenvalue weighted by Crippen LogP contribution is 2.27. The van der Waals surface area contributed by atoms with Gasteiger partial charge in [-0.3, -0.25) is 10.00 Å². The minimum absolute atomic E-state index is 0.238. The first-order valence-corrected chi connectivity index (χ1v) is 9.42. The number of hydrogen-bond donors (Lipinski definition) is 1. The molecular weight excluding hydrogens is 343 g/mol. The maximum atomic E-state index is 13.1. The lowest BCUT2D eigenvalue weighted by atomic mass is 9.95. The topological polar surface area (TPSA) is 70.6 Å². The highest BCUT2D eigenvalue weighted by atomic mass is 19.1. The Bertz CT molecular complexity index is 883. The fraction of sp³-hybridized carbons (Fsp3) is 0.400. The van der Waals surface area contributed by atoms with Crippen LogP contribution in [0.3, 0.4) is 0 Å². The van der Waals surface area contributed by atoms with Gasteiger partial charge in [0.05, 0.1) is 12.2 Å². The number of nitrogens with zero attached hydrogens (tertiary/aromatic N) is 5. The molecule has 0 unspecified atom stereocenters. The van der Waals surface area contributed by atoms with E-state index in [2.05, 4.69) is 32.0 Å². The highest BCUT2D eigenvalue weighted by molar-refractivity contribution is 5.58. The summed E-state index contributed by atoms with van der Waals surface area (Å²) in [5.41, 5.74) is 1.76. The maximum Gasteiger partial charge on any atom is 0.150 e. The molecule has 0 atom stereocenters. The Morgan fingerprint density at radius 2 is 1.89 bits per heavy atom. The van der Waals surface area contributed by atoms with E-state index in [1.807, 2.05) is 6.07 Å². The van der Waals surface area contributed by atoms with Crippen LogP contribution in [0, 0.1) is 5.82 Å². The van der Waals surface area contributed by atoms with Crippen molar-refractivity contribution in [1.29, 1.82) is 0 Å². The molecule has 6 nitrogen and oxygen atoms in total. The average Bonchev–Trinajstić information content (AvgIpc) is 3.17. The van der Waals surface area contributed by atoms with Gasteiger partial charge in [0.25, 0.3) is 0 Å². The lowest BCUT2D eigenvalue weighted by Crippen LogP contribution is -2.33. The molecule has 1 saturated heterocycles. The van der Waals surface area contributed by atoms with Gasteiger partial charge >= 0.3 is 0 Å². The molecule has 4 rings (SSSR count). The predicted octanol–water partition coefficient (Wildman–Crippen LogP) is 3.34. The molecule has 3 aromatic rings. The van der Waals surface area contributed by atoms with Crippen LogP contribution >= 0.6 is 0 Å². The summed E-state index contributed by atoms with van der Waals surface area (Å²) in [5, 5.41) is 7.22. The number of benzene rings is 1. The second-order valence-corrected chi connectivity index (χ2v) is 6.91. The molecule has 1 aliphatic heterocycles. The average molecular weight is 366 g/mol. The molecule has 0 saturated carbocycles. The predicted molar refractivity (Wildman–Crippen MR) is 100 cm³/mol. The summed E-state index contributed by atoms with van der Waals surface area (Å²) in [6.45, 7) is 4.82. The first-order valence-electron chi connectivity index (χ1n) is 9.42. The Balaban J connectivity index is 1.39. The number of aryl methyl sites for hydroxylation is 1. The minimum Gasteiger partial charge on any atom is -0.296 e. The van der Waals surface area contributed by atoms with Gasteiger partial charge in [0.1, 0.15) is 23.3 Å². The second kappa shape index (κ2) is 7.92. The van der Waals surface area contributed by atoms with E-state index in [1.54, 1.807) is 18.3 Å². The van der Waals surface area contributed by atoms with Crippen LogP contribution in [0.4, 0.5) is 4.39 Å². The van der Waals surface area contributed by atoms with E-state index < -0.39 is 0 Å². The van der Waals surface area contributed by atoms with E-state index in [9.17, 15) is 4.39 Å². The van der Waals surface area contributed by atoms with Crippen molar-refractivity contribution in [2.45, 2.75) is 38.6 Å². The molecule has 1 fully saturated rings. The van der Waals surface area contributed by atoms with Crippen molar-refractivity contribution in [3.8, 4) is 11.3 Å². The molecule has 7 heteroatoms. The van der Waals surface area contributed by atoms with Crippen LogP contribution in [0.15, 0.2) is 36.5 Å². The van der Waals surface area contributed by atoms with Crippen molar-refractivity contribution >= 4 is 0 Å². The summed E-state index contributed by atoms with van der Waals surface area (Å²) in [6.07, 6.45) is 4.68. The number of piperidine rings is 1. The van der Waals surface area contributed by atoms with Gasteiger partial charge in [0, 0.05) is 24.1 Å². The molecule has 0 spiro atoms. The zero-order valence-corrected chi connectivity index (χ0v) is 15.4. The van der Waals surface area contributed by atoms with Gasteiger partial charge in [-0.05, 0) is 56.3 Å². The number of aromatic amines is 1. The lowest BCUT2D eigenvalue weighted by molar-refractivity contribution is 0.197. The largest absolute Gasteiger partial charge is 0.296 e. The SMILES string of the molecule is CCc1n[nH]c(CN2CCC(c3nccc(-c4ccc(F)cc4)n3)CC2)n1. The number of rotatable bonds is 5. The first kappa shape index (κ1) is 17.7. The summed E-state index contributed by atoms with van der Waals surface area (Å²) in [6, 6.07) is 8.31. The van der Waals surface area contributed by atoms with Crippen molar-refractivity contribution in [1.82, 2.24) is 30.0 Å². The van der Waals surface area contributed by atoms with Gasteiger partial charge in [-0.1, -0.05) is 6.92 Å². The monoisotopic (exact) mass is 366 g/mol. The standard InChI is InChI=1S/C20H23FN6/c1-2-18-24-19(26-25-18)13-27-11-8-15(9-12-27)20-22-10-7-17(23-20)14-3-5-16(21)6-4-14/h3-7,10,15H,2,8-9,11-13H2,1H3,(H,24,25,26). The maximum absolute atomic E-state index is 13.1. The fourth-order valence-electron chi connectivity index (χ4n) is 3.48. The number of aromatic nitrogens is 5. The zero-order valence-electron chi connectivity index (χ0n) is 15.4. The third kappa shape index (κ3) is 4.19. The number of hydrogen-bond acceptors (Lipinski definition) is 5. The van der Waals surface area contributed by atoms with Crippen LogP contribution < -0.4 is 0 Å². The van der Waals surface area contributed by atoms with E-state index in [-0.39, 0.29) is 5.82 Å². The summed E-state index contributed by atoms with van der Waals surface area (Å²) >= 11 is 0. The Morgan fingerprint density at radius 3 is 2.59 bits per heavy atom. The fourth-order valence-corrected chi connectivity index (χ4v) is 3.48. The number of likely N-dealkylation sites (tertiary alicyclic amines) is 1. The van der Waals surface area contributed by atoms with Crippen molar-refractivity contribution in [2.75, 3.05) is 13.1 Å². The number of halogens is 1. The Morgan fingerprint density at radius 1 is 1.11 bits per heavy atom. The van der Waals surface area contributed by atoms with Crippen LogP contribution in [0.25, 0.3) is 11.3 Å². The van der Waals surface area contributed by atoms with Gasteiger partial charge in [-0.25, -0.2) is 19.3 Å². The molecule has 27 heavy (non-hydrogen) atoms. The Labute approximate surface area is 157 Å². The summed E-state index contributed by atoms with van der Waals surface area (Å²) in [7, 11) is 0. The minimum atomic E-state index is -0.238. The van der Waals surface area contributed by atoms with Crippen molar-refractivity contribution in [3.63, 3.8) is 0 Å². The van der Waals surface area contributed by atoms with Gasteiger partial charge < -0.3 is 0 Å². The Kier molecular flexibility index (Phi) is 5.20. The highest BCUT2D eigenvalue weighted by Gasteiger charge is 2.23. The van der Waals surface area contributed by atoms with Crippen molar-refractivity contribution in [2.24, 2.45) is 0 Å². The molecule has 1 N–H and O–H groups in total. The van der Waals surface area contributed by atoms with Crippen molar-refractivity contribution in [3.05, 3.63) is 59.8 Å². The molecule has 140 valence electrons. The van der Waals surface area contributed by atoms with E-state index >= 15 is 0 Å². The van der Waals surface area contributed by atoms with Crippen LogP contribution in [-0.4, -0.2) is 43.1 Å². The van der Waals surface area contributed by atoms with E-state index in [0.29, 0.717) is 5.92 Å².